The van der Waals surface area contributed by atoms with E-state index in [1.54, 1.807) is 31.2 Å². The third-order valence-electron chi connectivity index (χ3n) is 5.86. The number of hydrogen-bond donors (Lipinski definition) is 1. The Labute approximate surface area is 213 Å². The monoisotopic (exact) mass is 511 g/mol. The lowest BCUT2D eigenvalue weighted by molar-refractivity contribution is -0.137. The summed E-state index contributed by atoms with van der Waals surface area (Å²) in [6.45, 7) is 8.24. The van der Waals surface area contributed by atoms with Crippen LogP contribution in [0.2, 0.25) is 0 Å². The van der Waals surface area contributed by atoms with Crippen LogP contribution in [0.25, 0.3) is 0 Å². The first-order valence-electron chi connectivity index (χ1n) is 11.8. The van der Waals surface area contributed by atoms with E-state index in [-0.39, 0.29) is 24.7 Å². The molecule has 0 radical (unpaired) electrons. The molecule has 0 bridgehead atoms. The number of carbonyl (C=O) groups is 1. The number of benzene rings is 2. The molecule has 0 spiro atoms. The van der Waals surface area contributed by atoms with E-state index >= 15 is 0 Å². The smallest absolute Gasteiger partial charge is 0.416 e. The number of carbonyl (C=O) groups excluding carboxylic acids is 1. The number of nitrogens with one attached hydrogen (secondary N) is 1. The summed E-state index contributed by atoms with van der Waals surface area (Å²) in [5.74, 6) is 1.44. The fourth-order valence-corrected chi connectivity index (χ4v) is 3.90. The summed E-state index contributed by atoms with van der Waals surface area (Å²) in [4.78, 5) is 12.7. The number of ether oxygens (including phenoxy) is 1. The van der Waals surface area contributed by atoms with Gasteiger partial charge in [0.1, 0.15) is 18.1 Å². The fourth-order valence-electron chi connectivity index (χ4n) is 3.90. The maximum Gasteiger partial charge on any atom is 0.416 e. The molecule has 6 nitrogen and oxygen atoms in total. The molecule has 0 saturated heterocycles. The van der Waals surface area contributed by atoms with Gasteiger partial charge in [-0.05, 0) is 66.8 Å². The van der Waals surface area contributed by atoms with Crippen LogP contribution in [0.4, 0.5) is 19.0 Å². The molecular formula is C28H28F3N3O3. The van der Waals surface area contributed by atoms with E-state index in [0.717, 1.165) is 29.0 Å². The molecule has 4 rings (SSSR count). The highest BCUT2D eigenvalue weighted by Crippen LogP contribution is 2.30. The number of furan rings is 1. The van der Waals surface area contributed by atoms with Crippen LogP contribution in [0.3, 0.4) is 0 Å². The van der Waals surface area contributed by atoms with Crippen molar-refractivity contribution in [3.05, 3.63) is 100 Å². The van der Waals surface area contributed by atoms with Crippen LogP contribution in [-0.2, 0) is 19.3 Å². The molecule has 4 aromatic rings. The highest BCUT2D eigenvalue weighted by atomic mass is 19.4. The van der Waals surface area contributed by atoms with Crippen molar-refractivity contribution in [2.24, 2.45) is 0 Å². The Bertz CT molecular complexity index is 1400. The van der Waals surface area contributed by atoms with Gasteiger partial charge in [-0.15, -0.1) is 0 Å². The number of nitrogens with zero attached hydrogens (tertiary/aromatic N) is 2. The van der Waals surface area contributed by atoms with E-state index in [9.17, 15) is 18.0 Å². The Morgan fingerprint density at radius 2 is 1.86 bits per heavy atom. The molecule has 0 aliphatic heterocycles. The molecule has 0 aliphatic carbocycles. The Morgan fingerprint density at radius 1 is 1.08 bits per heavy atom. The molecule has 0 aliphatic rings. The standard InChI is InChI=1S/C28H28F3N3O3/c1-17(2)23-10-8-18(3)12-25(23)36-16-22-9-11-24(37-22)27(35)32-26-13-19(4)34(33-26)15-20-6-5-7-21(14-20)28(29,30)31/h5-14,17H,15-16H2,1-4H3,(H,32,33,35). The van der Waals surface area contributed by atoms with E-state index < -0.39 is 17.6 Å². The lowest BCUT2D eigenvalue weighted by Gasteiger charge is -2.14. The first-order valence-corrected chi connectivity index (χ1v) is 11.8. The van der Waals surface area contributed by atoms with Crippen molar-refractivity contribution in [1.29, 1.82) is 0 Å². The molecule has 2 aromatic carbocycles. The number of amides is 1. The molecule has 0 fully saturated rings. The average molecular weight is 512 g/mol. The van der Waals surface area contributed by atoms with E-state index in [2.05, 4.69) is 24.3 Å². The third kappa shape index (κ3) is 6.41. The van der Waals surface area contributed by atoms with Crippen molar-refractivity contribution in [3.8, 4) is 5.75 Å². The van der Waals surface area contributed by atoms with Crippen LogP contribution in [0.1, 0.15) is 64.0 Å². The molecule has 1 amide bonds. The van der Waals surface area contributed by atoms with Gasteiger partial charge in [0, 0.05) is 11.8 Å². The van der Waals surface area contributed by atoms with Gasteiger partial charge in [-0.2, -0.15) is 18.3 Å². The second kappa shape index (κ2) is 10.5. The predicted octanol–water partition coefficient (Wildman–Crippen LogP) is 7.11. The SMILES string of the molecule is Cc1ccc(C(C)C)c(OCc2ccc(C(=O)Nc3cc(C)n(Cc4cccc(C(F)(F)F)c4)n3)o2)c1. The number of halogens is 3. The normalized spacial score (nSPS) is 11.7. The van der Waals surface area contributed by atoms with E-state index in [1.807, 2.05) is 25.1 Å². The number of anilines is 1. The zero-order valence-corrected chi connectivity index (χ0v) is 21.0. The highest BCUT2D eigenvalue weighted by Gasteiger charge is 2.30. The lowest BCUT2D eigenvalue weighted by atomic mass is 10.0. The molecule has 9 heteroatoms. The van der Waals surface area contributed by atoms with Crippen molar-refractivity contribution in [2.45, 2.75) is 52.9 Å². The van der Waals surface area contributed by atoms with Crippen molar-refractivity contribution in [1.82, 2.24) is 9.78 Å². The Kier molecular flexibility index (Phi) is 7.42. The lowest BCUT2D eigenvalue weighted by Crippen LogP contribution is -2.12. The minimum absolute atomic E-state index is 0.0945. The minimum atomic E-state index is -4.42. The third-order valence-corrected chi connectivity index (χ3v) is 5.86. The zero-order valence-electron chi connectivity index (χ0n) is 21.0. The Hall–Kier alpha value is -4.01. The number of aryl methyl sites for hydroxylation is 2. The average Bonchev–Trinajstić information content (AvgIpc) is 3.44. The summed E-state index contributed by atoms with van der Waals surface area (Å²) in [5.41, 5.74) is 2.58. The summed E-state index contributed by atoms with van der Waals surface area (Å²) < 4.78 is 52.2. The van der Waals surface area contributed by atoms with Crippen molar-refractivity contribution in [2.75, 3.05) is 5.32 Å². The number of rotatable bonds is 8. The summed E-state index contributed by atoms with van der Waals surface area (Å²) in [5, 5.41) is 6.99. The molecule has 194 valence electrons. The van der Waals surface area contributed by atoms with Gasteiger partial charge in [-0.3, -0.25) is 9.48 Å². The van der Waals surface area contributed by atoms with Gasteiger partial charge in [0.25, 0.3) is 5.91 Å². The maximum absolute atomic E-state index is 13.0. The molecule has 0 saturated carbocycles. The van der Waals surface area contributed by atoms with E-state index in [4.69, 9.17) is 9.15 Å². The van der Waals surface area contributed by atoms with Crippen LogP contribution >= 0.6 is 0 Å². The van der Waals surface area contributed by atoms with Gasteiger partial charge < -0.3 is 14.5 Å². The van der Waals surface area contributed by atoms with Crippen molar-refractivity contribution in [3.63, 3.8) is 0 Å². The van der Waals surface area contributed by atoms with Crippen LogP contribution in [0.15, 0.2) is 65.1 Å². The summed E-state index contributed by atoms with van der Waals surface area (Å²) in [7, 11) is 0. The summed E-state index contributed by atoms with van der Waals surface area (Å²) >= 11 is 0. The maximum atomic E-state index is 13.0. The number of alkyl halides is 3. The molecular weight excluding hydrogens is 483 g/mol. The first-order chi connectivity index (χ1) is 17.5. The van der Waals surface area contributed by atoms with Crippen molar-refractivity contribution >= 4 is 11.7 Å². The zero-order chi connectivity index (χ0) is 26.7. The van der Waals surface area contributed by atoms with E-state index in [1.165, 1.54) is 10.7 Å². The molecule has 0 unspecified atom stereocenters. The van der Waals surface area contributed by atoms with Gasteiger partial charge >= 0.3 is 6.18 Å². The second-order valence-electron chi connectivity index (χ2n) is 9.23. The van der Waals surface area contributed by atoms with Gasteiger partial charge in [0.05, 0.1) is 12.1 Å². The largest absolute Gasteiger partial charge is 0.485 e. The molecule has 0 atom stereocenters. The first kappa shape index (κ1) is 26.1. The quantitative estimate of drug-likeness (QED) is 0.274. The van der Waals surface area contributed by atoms with Crippen LogP contribution in [0, 0.1) is 13.8 Å². The molecule has 2 aromatic heterocycles. The molecule has 37 heavy (non-hydrogen) atoms. The Balaban J connectivity index is 1.40. The van der Waals surface area contributed by atoms with E-state index in [0.29, 0.717) is 22.9 Å². The summed E-state index contributed by atoms with van der Waals surface area (Å²) in [6.07, 6.45) is -4.42. The van der Waals surface area contributed by atoms with Crippen LogP contribution < -0.4 is 10.1 Å². The van der Waals surface area contributed by atoms with Gasteiger partial charge in [0.2, 0.25) is 0 Å². The van der Waals surface area contributed by atoms with Crippen LogP contribution in [-0.4, -0.2) is 15.7 Å². The Morgan fingerprint density at radius 3 is 2.59 bits per heavy atom. The number of aromatic nitrogens is 2. The van der Waals surface area contributed by atoms with Gasteiger partial charge in [0.15, 0.2) is 11.6 Å². The van der Waals surface area contributed by atoms with Crippen LogP contribution in [0.5, 0.6) is 5.75 Å². The molecule has 2 heterocycles. The predicted molar refractivity (Wildman–Crippen MR) is 134 cm³/mol. The summed E-state index contributed by atoms with van der Waals surface area (Å²) in [6, 6.07) is 16.0. The van der Waals surface area contributed by atoms with Gasteiger partial charge in [-0.1, -0.05) is 38.1 Å². The fraction of sp³-hybridized carbons (Fsp3) is 0.286. The molecule has 1 N–H and O–H groups in total. The second-order valence-corrected chi connectivity index (χ2v) is 9.23. The van der Waals surface area contributed by atoms with Gasteiger partial charge in [-0.25, -0.2) is 0 Å². The highest BCUT2D eigenvalue weighted by molar-refractivity contribution is 6.01. The number of hydrogen-bond acceptors (Lipinski definition) is 4. The minimum Gasteiger partial charge on any atom is -0.485 e. The van der Waals surface area contributed by atoms with Crippen molar-refractivity contribution < 1.29 is 27.1 Å². The topological polar surface area (TPSA) is 69.3 Å².